The van der Waals surface area contributed by atoms with Gasteiger partial charge in [-0.25, -0.2) is 15.0 Å². The lowest BCUT2D eigenvalue weighted by Gasteiger charge is -2.23. The molecule has 0 aromatic carbocycles. The van der Waals surface area contributed by atoms with Crippen molar-refractivity contribution in [3.8, 4) is 0 Å². The third-order valence-electron chi connectivity index (χ3n) is 5.97. The molecule has 2 heterocycles. The number of aliphatic hydroxyl groups excluding tert-OH is 1. The molecular weight excluding hydrogens is 384 g/mol. The molecule has 3 atom stereocenters. The Morgan fingerprint density at radius 1 is 1.21 bits per heavy atom. The van der Waals surface area contributed by atoms with E-state index in [9.17, 15) is 18.1 Å². The van der Waals surface area contributed by atoms with Gasteiger partial charge in [-0.15, -0.1) is 0 Å². The van der Waals surface area contributed by atoms with Crippen LogP contribution < -0.4 is 5.32 Å². The van der Waals surface area contributed by atoms with Crippen LogP contribution >= 0.6 is 0 Å². The van der Waals surface area contributed by atoms with Gasteiger partial charge >= 0.3 is 10.3 Å². The van der Waals surface area contributed by atoms with E-state index in [1.165, 1.54) is 32.6 Å². The normalized spacial score (nSPS) is 26.9. The summed E-state index contributed by atoms with van der Waals surface area (Å²) in [5.41, 5.74) is 1.33. The molecule has 4 rings (SSSR count). The Labute approximate surface area is 163 Å². The lowest BCUT2D eigenvalue weighted by Crippen LogP contribution is -2.41. The number of fused-ring (bicyclic) bond motifs is 1. The number of anilines is 1. The van der Waals surface area contributed by atoms with Crippen LogP contribution in [0.4, 0.5) is 5.82 Å². The first kappa shape index (κ1) is 19.5. The van der Waals surface area contributed by atoms with Gasteiger partial charge in [-0.2, -0.15) is 12.7 Å². The molecule has 2 aliphatic rings. The van der Waals surface area contributed by atoms with Crippen molar-refractivity contribution in [2.75, 3.05) is 12.4 Å². The number of nitrogens with zero attached hydrogens (tertiary/aromatic N) is 4. The van der Waals surface area contributed by atoms with Crippen LogP contribution in [0.2, 0.25) is 0 Å². The first-order chi connectivity index (χ1) is 13.3. The SMILES string of the molecule is CN([C@H]1C[C@@H](Nc2ncnc3nc(C4CCCCC4)[nH]c23)C[C@@H]1O)S(=O)(=O)O. The largest absolute Gasteiger partial charge is 0.391 e. The molecule has 2 aromatic heterocycles. The molecular formula is C17H26N6O4S. The second-order valence-electron chi connectivity index (χ2n) is 7.82. The summed E-state index contributed by atoms with van der Waals surface area (Å²) in [7, 11) is -3.09. The molecule has 2 saturated carbocycles. The Hall–Kier alpha value is -1.82. The van der Waals surface area contributed by atoms with Gasteiger partial charge in [0.2, 0.25) is 0 Å². The predicted octanol–water partition coefficient (Wildman–Crippen LogP) is 1.44. The zero-order valence-corrected chi connectivity index (χ0v) is 16.6. The molecule has 0 amide bonds. The fourth-order valence-electron chi connectivity index (χ4n) is 4.39. The third-order valence-corrected chi connectivity index (χ3v) is 6.97. The number of aromatic nitrogens is 4. The number of aliphatic hydroxyl groups is 1. The fraction of sp³-hybridized carbons (Fsp3) is 0.706. The molecule has 28 heavy (non-hydrogen) atoms. The fourth-order valence-corrected chi connectivity index (χ4v) is 4.96. The first-order valence-electron chi connectivity index (χ1n) is 9.68. The summed E-state index contributed by atoms with van der Waals surface area (Å²) in [5.74, 6) is 1.94. The minimum atomic E-state index is -4.36. The van der Waals surface area contributed by atoms with E-state index in [1.807, 2.05) is 0 Å². The standard InChI is InChI=1S/C17H26N6O4S/c1-23(28(25,26)27)12-7-11(8-13(12)24)20-16-14-17(19-9-18-16)22-15(21-14)10-5-3-2-4-6-10/h9-13,24H,2-8H2,1H3,(H,25,26,27)(H2,18,19,20,21,22)/t11-,12+,13+/m1/s1. The second kappa shape index (κ2) is 7.54. The molecule has 4 N–H and O–H groups in total. The molecule has 0 radical (unpaired) electrons. The number of nitrogens with one attached hydrogen (secondary N) is 2. The van der Waals surface area contributed by atoms with Gasteiger partial charge in [-0.05, 0) is 25.7 Å². The van der Waals surface area contributed by atoms with Gasteiger partial charge in [0, 0.05) is 19.0 Å². The summed E-state index contributed by atoms with van der Waals surface area (Å²) in [4.78, 5) is 16.6. The quantitative estimate of drug-likeness (QED) is 0.542. The zero-order chi connectivity index (χ0) is 19.9. The molecule has 0 aliphatic heterocycles. The first-order valence-corrected chi connectivity index (χ1v) is 11.1. The number of rotatable bonds is 5. The smallest absolute Gasteiger partial charge is 0.335 e. The van der Waals surface area contributed by atoms with Gasteiger partial charge in [0.25, 0.3) is 0 Å². The van der Waals surface area contributed by atoms with E-state index < -0.39 is 22.4 Å². The van der Waals surface area contributed by atoms with Crippen LogP contribution in [-0.2, 0) is 10.3 Å². The summed E-state index contributed by atoms with van der Waals surface area (Å²) < 4.78 is 32.8. The maximum absolute atomic E-state index is 11.4. The van der Waals surface area contributed by atoms with E-state index >= 15 is 0 Å². The highest BCUT2D eigenvalue weighted by Gasteiger charge is 2.39. The van der Waals surface area contributed by atoms with E-state index in [1.54, 1.807) is 0 Å². The van der Waals surface area contributed by atoms with Crippen LogP contribution in [0, 0.1) is 0 Å². The molecule has 0 spiro atoms. The van der Waals surface area contributed by atoms with Gasteiger partial charge in [0.05, 0.1) is 12.1 Å². The lowest BCUT2D eigenvalue weighted by atomic mass is 9.89. The Morgan fingerprint density at radius 2 is 1.96 bits per heavy atom. The summed E-state index contributed by atoms with van der Waals surface area (Å²) in [6.45, 7) is 0. The minimum Gasteiger partial charge on any atom is -0.391 e. The van der Waals surface area contributed by atoms with Gasteiger partial charge in [0.15, 0.2) is 11.5 Å². The van der Waals surface area contributed by atoms with E-state index in [0.717, 1.165) is 28.5 Å². The van der Waals surface area contributed by atoms with E-state index in [2.05, 4.69) is 25.3 Å². The van der Waals surface area contributed by atoms with Crippen molar-refractivity contribution in [3.63, 3.8) is 0 Å². The van der Waals surface area contributed by atoms with Crippen molar-refractivity contribution in [3.05, 3.63) is 12.2 Å². The van der Waals surface area contributed by atoms with Crippen LogP contribution in [0.15, 0.2) is 6.33 Å². The van der Waals surface area contributed by atoms with Crippen molar-refractivity contribution in [1.82, 2.24) is 24.2 Å². The number of hydrogen-bond acceptors (Lipinski definition) is 7. The molecule has 11 heteroatoms. The van der Waals surface area contributed by atoms with E-state index in [-0.39, 0.29) is 6.04 Å². The summed E-state index contributed by atoms with van der Waals surface area (Å²) >= 11 is 0. The predicted molar refractivity (Wildman–Crippen MR) is 103 cm³/mol. The monoisotopic (exact) mass is 410 g/mol. The Bertz CT molecular complexity index is 942. The maximum atomic E-state index is 11.4. The molecule has 2 aromatic rings. The maximum Gasteiger partial charge on any atom is 0.335 e. The van der Waals surface area contributed by atoms with Crippen LogP contribution in [0.5, 0.6) is 0 Å². The van der Waals surface area contributed by atoms with Crippen molar-refractivity contribution < 1.29 is 18.1 Å². The summed E-state index contributed by atoms with van der Waals surface area (Å²) in [6, 6.07) is -0.881. The lowest BCUT2D eigenvalue weighted by molar-refractivity contribution is 0.118. The zero-order valence-electron chi connectivity index (χ0n) is 15.7. The highest BCUT2D eigenvalue weighted by atomic mass is 32.2. The molecule has 154 valence electrons. The number of hydrogen-bond donors (Lipinski definition) is 4. The van der Waals surface area contributed by atoms with E-state index in [0.29, 0.717) is 30.2 Å². The topological polar surface area (TPSA) is 144 Å². The number of imidazole rings is 1. The van der Waals surface area contributed by atoms with Crippen LogP contribution in [-0.4, -0.2) is 67.6 Å². The van der Waals surface area contributed by atoms with Gasteiger partial charge in [0.1, 0.15) is 17.7 Å². The highest BCUT2D eigenvalue weighted by Crippen LogP contribution is 2.33. The van der Waals surface area contributed by atoms with Crippen LogP contribution in [0.1, 0.15) is 56.7 Å². The van der Waals surface area contributed by atoms with Crippen molar-refractivity contribution >= 4 is 27.3 Å². The van der Waals surface area contributed by atoms with Gasteiger partial charge in [-0.1, -0.05) is 19.3 Å². The minimum absolute atomic E-state index is 0.191. The van der Waals surface area contributed by atoms with Crippen LogP contribution in [0.25, 0.3) is 11.2 Å². The Balaban J connectivity index is 1.53. The van der Waals surface area contributed by atoms with Crippen LogP contribution in [0.3, 0.4) is 0 Å². The molecule has 0 saturated heterocycles. The van der Waals surface area contributed by atoms with Crippen molar-refractivity contribution in [1.29, 1.82) is 0 Å². The number of aromatic amines is 1. The average molecular weight is 411 g/mol. The van der Waals surface area contributed by atoms with Crippen molar-refractivity contribution in [2.24, 2.45) is 0 Å². The third kappa shape index (κ3) is 3.84. The second-order valence-corrected chi connectivity index (χ2v) is 9.29. The molecule has 2 aliphatic carbocycles. The van der Waals surface area contributed by atoms with Gasteiger partial charge in [-0.3, -0.25) is 4.55 Å². The van der Waals surface area contributed by atoms with Crippen molar-refractivity contribution in [2.45, 2.75) is 69.1 Å². The summed E-state index contributed by atoms with van der Waals surface area (Å²) in [6.07, 6.45) is 7.20. The highest BCUT2D eigenvalue weighted by molar-refractivity contribution is 7.83. The number of likely N-dealkylation sites (N-methyl/N-ethyl adjacent to an activating group) is 1. The Kier molecular flexibility index (Phi) is 5.25. The molecule has 0 bridgehead atoms. The number of H-pyrrole nitrogens is 1. The van der Waals surface area contributed by atoms with E-state index in [4.69, 9.17) is 0 Å². The molecule has 10 nitrogen and oxygen atoms in total. The average Bonchev–Trinajstić information content (AvgIpc) is 3.25. The van der Waals surface area contributed by atoms with Gasteiger partial charge < -0.3 is 15.4 Å². The molecule has 0 unspecified atom stereocenters. The molecule has 2 fully saturated rings. The Morgan fingerprint density at radius 3 is 2.68 bits per heavy atom. The summed E-state index contributed by atoms with van der Waals surface area (Å²) in [5, 5.41) is 13.5.